The molecule has 0 bridgehead atoms. The van der Waals surface area contributed by atoms with E-state index < -0.39 is 11.7 Å². The molecule has 25 heavy (non-hydrogen) atoms. The van der Waals surface area contributed by atoms with Gasteiger partial charge in [-0.15, -0.1) is 0 Å². The van der Waals surface area contributed by atoms with E-state index in [0.717, 1.165) is 0 Å². The van der Waals surface area contributed by atoms with E-state index in [-0.39, 0.29) is 22.7 Å². The van der Waals surface area contributed by atoms with Gasteiger partial charge in [0.25, 0.3) is 5.91 Å². The minimum Gasteiger partial charge on any atom is -0.360 e. The molecule has 0 spiro atoms. The zero-order valence-corrected chi connectivity index (χ0v) is 15.8. The highest BCUT2D eigenvalue weighted by atomic mass is 79.9. The summed E-state index contributed by atoms with van der Waals surface area (Å²) in [5.74, 6) is -0.888. The summed E-state index contributed by atoms with van der Waals surface area (Å²) in [4.78, 5) is 12.7. The standard InChI is InChI=1S/C17H10BrCl2FN2O2/c1-8-14(17(24)22-13-6-5-9(18)7-12(13)21)16(23-25-8)15-10(19)3-2-4-11(15)20/h2-7H,1H3,(H,22,24). The first kappa shape index (κ1) is 17.9. The largest absolute Gasteiger partial charge is 0.360 e. The molecule has 0 aliphatic heterocycles. The van der Waals surface area contributed by atoms with Crippen LogP contribution in [0.5, 0.6) is 0 Å². The van der Waals surface area contributed by atoms with E-state index in [9.17, 15) is 9.18 Å². The summed E-state index contributed by atoms with van der Waals surface area (Å²) in [6.45, 7) is 1.58. The van der Waals surface area contributed by atoms with Crippen molar-refractivity contribution in [3.8, 4) is 11.3 Å². The predicted octanol–water partition coefficient (Wildman–Crippen LogP) is 6.11. The Morgan fingerprint density at radius 2 is 1.92 bits per heavy atom. The van der Waals surface area contributed by atoms with Crippen molar-refractivity contribution in [3.05, 3.63) is 68.1 Å². The average molecular weight is 444 g/mol. The molecule has 0 aliphatic carbocycles. The van der Waals surface area contributed by atoms with Crippen molar-refractivity contribution in [2.24, 2.45) is 0 Å². The number of aryl methyl sites for hydroxylation is 1. The Morgan fingerprint density at radius 3 is 2.56 bits per heavy atom. The van der Waals surface area contributed by atoms with Crippen molar-refractivity contribution >= 4 is 50.7 Å². The van der Waals surface area contributed by atoms with Gasteiger partial charge in [0.05, 0.1) is 15.7 Å². The Labute approximate surface area is 161 Å². The summed E-state index contributed by atoms with van der Waals surface area (Å²) in [6, 6.07) is 9.25. The zero-order valence-electron chi connectivity index (χ0n) is 12.7. The number of anilines is 1. The molecule has 4 nitrogen and oxygen atoms in total. The Bertz CT molecular complexity index is 955. The number of amides is 1. The third-order valence-corrected chi connectivity index (χ3v) is 4.59. The average Bonchev–Trinajstić information content (AvgIpc) is 2.91. The molecule has 1 aromatic heterocycles. The quantitative estimate of drug-likeness (QED) is 0.531. The number of carbonyl (C=O) groups is 1. The minimum atomic E-state index is -0.578. The molecule has 0 atom stereocenters. The molecule has 128 valence electrons. The first-order valence-corrected chi connectivity index (χ1v) is 8.60. The van der Waals surface area contributed by atoms with Crippen molar-refractivity contribution in [3.63, 3.8) is 0 Å². The van der Waals surface area contributed by atoms with Gasteiger partial charge >= 0.3 is 0 Å². The first-order chi connectivity index (χ1) is 11.9. The topological polar surface area (TPSA) is 55.1 Å². The fraction of sp³-hybridized carbons (Fsp3) is 0.0588. The van der Waals surface area contributed by atoms with Gasteiger partial charge in [-0.2, -0.15) is 0 Å². The van der Waals surface area contributed by atoms with Crippen LogP contribution in [0, 0.1) is 12.7 Å². The van der Waals surface area contributed by atoms with Gasteiger partial charge in [0.15, 0.2) is 0 Å². The maximum Gasteiger partial charge on any atom is 0.261 e. The zero-order chi connectivity index (χ0) is 18.1. The van der Waals surface area contributed by atoms with Crippen LogP contribution in [0.15, 0.2) is 45.4 Å². The van der Waals surface area contributed by atoms with Crippen LogP contribution in [-0.4, -0.2) is 11.1 Å². The Morgan fingerprint density at radius 1 is 1.24 bits per heavy atom. The van der Waals surface area contributed by atoms with E-state index >= 15 is 0 Å². The van der Waals surface area contributed by atoms with Gasteiger partial charge in [-0.1, -0.05) is 50.4 Å². The molecule has 0 fully saturated rings. The summed E-state index contributed by atoms with van der Waals surface area (Å²) in [5, 5.41) is 7.06. The van der Waals surface area contributed by atoms with Crippen LogP contribution >= 0.6 is 39.1 Å². The number of aromatic nitrogens is 1. The number of hydrogen-bond donors (Lipinski definition) is 1. The molecule has 0 aliphatic rings. The maximum atomic E-state index is 14.0. The Hall–Kier alpha value is -1.89. The van der Waals surface area contributed by atoms with E-state index in [0.29, 0.717) is 20.1 Å². The van der Waals surface area contributed by atoms with Crippen molar-refractivity contribution in [1.82, 2.24) is 5.16 Å². The van der Waals surface area contributed by atoms with Crippen LogP contribution < -0.4 is 5.32 Å². The van der Waals surface area contributed by atoms with Gasteiger partial charge < -0.3 is 9.84 Å². The molecule has 2 aromatic carbocycles. The SMILES string of the molecule is Cc1onc(-c2c(Cl)cccc2Cl)c1C(=O)Nc1ccc(Br)cc1F. The number of halogens is 4. The summed E-state index contributed by atoms with van der Waals surface area (Å²) in [6.07, 6.45) is 0. The smallest absolute Gasteiger partial charge is 0.261 e. The molecule has 3 aromatic rings. The number of nitrogens with zero attached hydrogens (tertiary/aromatic N) is 1. The molecule has 0 saturated carbocycles. The number of rotatable bonds is 3. The summed E-state index contributed by atoms with van der Waals surface area (Å²) in [5.41, 5.74) is 0.745. The van der Waals surface area contributed by atoms with E-state index in [2.05, 4.69) is 26.4 Å². The number of nitrogens with one attached hydrogen (secondary N) is 1. The highest BCUT2D eigenvalue weighted by Crippen LogP contribution is 2.37. The summed E-state index contributed by atoms with van der Waals surface area (Å²) < 4.78 is 19.7. The fourth-order valence-electron chi connectivity index (χ4n) is 2.31. The first-order valence-electron chi connectivity index (χ1n) is 7.05. The summed E-state index contributed by atoms with van der Waals surface area (Å²) >= 11 is 15.5. The monoisotopic (exact) mass is 442 g/mol. The highest BCUT2D eigenvalue weighted by molar-refractivity contribution is 9.10. The van der Waals surface area contributed by atoms with Crippen LogP contribution in [0.1, 0.15) is 16.1 Å². The second-order valence-electron chi connectivity index (χ2n) is 5.14. The van der Waals surface area contributed by atoms with Gasteiger partial charge in [-0.3, -0.25) is 4.79 Å². The minimum absolute atomic E-state index is 0.0324. The van der Waals surface area contributed by atoms with E-state index in [4.69, 9.17) is 27.7 Å². The van der Waals surface area contributed by atoms with E-state index in [1.54, 1.807) is 31.2 Å². The van der Waals surface area contributed by atoms with Gasteiger partial charge in [-0.25, -0.2) is 4.39 Å². The molecule has 0 saturated heterocycles. The summed E-state index contributed by atoms with van der Waals surface area (Å²) in [7, 11) is 0. The highest BCUT2D eigenvalue weighted by Gasteiger charge is 2.25. The van der Waals surface area contributed by atoms with Gasteiger partial charge in [0, 0.05) is 10.0 Å². The Kier molecular flexibility index (Phi) is 5.13. The molecule has 3 rings (SSSR count). The lowest BCUT2D eigenvalue weighted by Crippen LogP contribution is -2.14. The molecular formula is C17H10BrCl2FN2O2. The van der Waals surface area contributed by atoms with E-state index in [1.807, 2.05) is 0 Å². The van der Waals surface area contributed by atoms with Crippen molar-refractivity contribution in [1.29, 1.82) is 0 Å². The third-order valence-electron chi connectivity index (χ3n) is 3.47. The van der Waals surface area contributed by atoms with Crippen LogP contribution in [-0.2, 0) is 0 Å². The molecule has 0 unspecified atom stereocenters. The van der Waals surface area contributed by atoms with Crippen molar-refractivity contribution in [2.45, 2.75) is 6.92 Å². The van der Waals surface area contributed by atoms with Crippen molar-refractivity contribution < 1.29 is 13.7 Å². The second-order valence-corrected chi connectivity index (χ2v) is 6.87. The Balaban J connectivity index is 2.03. The molecule has 1 N–H and O–H groups in total. The van der Waals surface area contributed by atoms with Crippen LogP contribution in [0.3, 0.4) is 0 Å². The van der Waals surface area contributed by atoms with Gasteiger partial charge in [0.1, 0.15) is 22.8 Å². The maximum absolute atomic E-state index is 14.0. The lowest BCUT2D eigenvalue weighted by atomic mass is 10.1. The molecule has 1 amide bonds. The van der Waals surface area contributed by atoms with Gasteiger partial charge in [0.2, 0.25) is 0 Å². The van der Waals surface area contributed by atoms with Crippen LogP contribution in [0.4, 0.5) is 10.1 Å². The lowest BCUT2D eigenvalue weighted by Gasteiger charge is -2.09. The number of carbonyl (C=O) groups excluding carboxylic acids is 1. The second kappa shape index (κ2) is 7.15. The number of benzene rings is 2. The molecule has 0 radical (unpaired) electrons. The normalized spacial score (nSPS) is 10.8. The fourth-order valence-corrected chi connectivity index (χ4v) is 3.22. The van der Waals surface area contributed by atoms with E-state index in [1.165, 1.54) is 12.1 Å². The van der Waals surface area contributed by atoms with Crippen LogP contribution in [0.25, 0.3) is 11.3 Å². The van der Waals surface area contributed by atoms with Gasteiger partial charge in [-0.05, 0) is 37.3 Å². The third kappa shape index (κ3) is 3.56. The number of hydrogen-bond acceptors (Lipinski definition) is 3. The van der Waals surface area contributed by atoms with Crippen LogP contribution in [0.2, 0.25) is 10.0 Å². The molecule has 1 heterocycles. The lowest BCUT2D eigenvalue weighted by molar-refractivity contribution is 0.102. The molecule has 8 heteroatoms. The van der Waals surface area contributed by atoms with Crippen molar-refractivity contribution in [2.75, 3.05) is 5.32 Å². The molecular weight excluding hydrogens is 434 g/mol. The predicted molar refractivity (Wildman–Crippen MR) is 98.7 cm³/mol.